The maximum absolute atomic E-state index is 12.4. The number of likely N-dealkylation sites (N-methyl/N-ethyl adjacent to an activating group) is 1. The number of para-hydroxylation sites is 1. The Bertz CT molecular complexity index is 632. The van der Waals surface area contributed by atoms with E-state index in [1.165, 1.54) is 0 Å². The van der Waals surface area contributed by atoms with Crippen LogP contribution in [0.15, 0.2) is 18.2 Å². The summed E-state index contributed by atoms with van der Waals surface area (Å²) in [4.78, 5) is 18.7. The number of fused-ring (bicyclic) bond motifs is 1. The summed E-state index contributed by atoms with van der Waals surface area (Å²) >= 11 is 0. The third-order valence-electron chi connectivity index (χ3n) is 3.57. The number of amides is 1. The first-order valence-electron chi connectivity index (χ1n) is 7.12. The van der Waals surface area contributed by atoms with Gasteiger partial charge in [-0.2, -0.15) is 0 Å². The summed E-state index contributed by atoms with van der Waals surface area (Å²) in [6.45, 7) is 5.94. The van der Waals surface area contributed by atoms with Crippen molar-refractivity contribution in [3.8, 4) is 0 Å². The maximum atomic E-state index is 12.4. The van der Waals surface area contributed by atoms with E-state index in [2.05, 4.69) is 4.98 Å². The molecule has 0 radical (unpaired) electrons. The highest BCUT2D eigenvalue weighted by atomic mass is 16.5. The molecule has 2 rings (SSSR count). The number of nitrogen functional groups attached to an aromatic ring is 1. The summed E-state index contributed by atoms with van der Waals surface area (Å²) in [7, 11) is 1.61. The summed E-state index contributed by atoms with van der Waals surface area (Å²) in [6.07, 6.45) is 0. The number of hydrogen-bond acceptors (Lipinski definition) is 4. The van der Waals surface area contributed by atoms with Crippen LogP contribution in [0.3, 0.4) is 0 Å². The number of imidazole rings is 1. The van der Waals surface area contributed by atoms with Crippen LogP contribution in [-0.4, -0.2) is 40.6 Å². The quantitative estimate of drug-likeness (QED) is 0.821. The Morgan fingerprint density at radius 1 is 1.38 bits per heavy atom. The van der Waals surface area contributed by atoms with Crippen LogP contribution in [0.25, 0.3) is 11.0 Å². The first-order chi connectivity index (χ1) is 10.1. The molecule has 21 heavy (non-hydrogen) atoms. The number of carbonyl (C=O) groups excluding carboxylic acids is 1. The zero-order valence-electron chi connectivity index (χ0n) is 12.8. The van der Waals surface area contributed by atoms with Crippen molar-refractivity contribution < 1.29 is 9.53 Å². The van der Waals surface area contributed by atoms with E-state index in [9.17, 15) is 4.79 Å². The Morgan fingerprint density at radius 3 is 2.71 bits per heavy atom. The smallest absolute Gasteiger partial charge is 0.242 e. The Hall–Kier alpha value is -2.08. The minimum atomic E-state index is 0.0686. The van der Waals surface area contributed by atoms with Gasteiger partial charge in [0.15, 0.2) is 0 Å². The van der Waals surface area contributed by atoms with E-state index < -0.39 is 0 Å². The number of nitrogens with zero attached hydrogens (tertiary/aromatic N) is 3. The average molecular weight is 290 g/mol. The van der Waals surface area contributed by atoms with Crippen molar-refractivity contribution in [1.82, 2.24) is 14.5 Å². The number of rotatable bonds is 6. The highest BCUT2D eigenvalue weighted by molar-refractivity contribution is 5.89. The lowest BCUT2D eigenvalue weighted by atomic mass is 10.2. The molecule has 2 N–H and O–H groups in total. The number of benzene rings is 1. The van der Waals surface area contributed by atoms with Gasteiger partial charge in [0.25, 0.3) is 0 Å². The molecule has 0 unspecified atom stereocenters. The van der Waals surface area contributed by atoms with Crippen molar-refractivity contribution in [1.29, 1.82) is 0 Å². The second-order valence-electron chi connectivity index (χ2n) is 4.83. The molecule has 0 bridgehead atoms. The number of hydrogen-bond donors (Lipinski definition) is 1. The minimum Gasteiger partial charge on any atom is -0.397 e. The topological polar surface area (TPSA) is 73.4 Å². The molecular formula is C15H22N4O2. The van der Waals surface area contributed by atoms with Crippen molar-refractivity contribution in [2.45, 2.75) is 27.0 Å². The Kier molecular flexibility index (Phi) is 4.80. The van der Waals surface area contributed by atoms with Gasteiger partial charge in [-0.25, -0.2) is 4.98 Å². The molecule has 1 heterocycles. The van der Waals surface area contributed by atoms with Crippen LogP contribution in [0.5, 0.6) is 0 Å². The molecule has 1 aromatic carbocycles. The predicted molar refractivity (Wildman–Crippen MR) is 82.8 cm³/mol. The number of methoxy groups -OCH3 is 1. The van der Waals surface area contributed by atoms with Gasteiger partial charge >= 0.3 is 0 Å². The second kappa shape index (κ2) is 6.58. The van der Waals surface area contributed by atoms with Gasteiger partial charge < -0.3 is 19.9 Å². The number of aromatic nitrogens is 2. The van der Waals surface area contributed by atoms with Gasteiger partial charge in [-0.1, -0.05) is 6.07 Å². The van der Waals surface area contributed by atoms with Crippen molar-refractivity contribution in [3.63, 3.8) is 0 Å². The highest BCUT2D eigenvalue weighted by Crippen LogP contribution is 2.22. The molecule has 6 heteroatoms. The number of carbonyl (C=O) groups is 1. The summed E-state index contributed by atoms with van der Waals surface area (Å²) in [5.41, 5.74) is 8.16. The normalized spacial score (nSPS) is 11.0. The molecule has 0 atom stereocenters. The van der Waals surface area contributed by atoms with Gasteiger partial charge in [-0.3, -0.25) is 4.79 Å². The molecule has 0 aliphatic heterocycles. The van der Waals surface area contributed by atoms with Crippen LogP contribution >= 0.6 is 0 Å². The summed E-state index contributed by atoms with van der Waals surface area (Å²) in [5.74, 6) is 0.782. The van der Waals surface area contributed by atoms with E-state index >= 15 is 0 Å². The van der Waals surface area contributed by atoms with Crippen LogP contribution in [0.1, 0.15) is 19.7 Å². The Balaban J connectivity index is 2.43. The maximum Gasteiger partial charge on any atom is 0.242 e. The average Bonchev–Trinajstić information content (AvgIpc) is 2.81. The first-order valence-corrected chi connectivity index (χ1v) is 7.12. The predicted octanol–water partition coefficient (Wildman–Crippen LogP) is 1.63. The van der Waals surface area contributed by atoms with Crippen LogP contribution in [-0.2, 0) is 22.7 Å². The van der Waals surface area contributed by atoms with Crippen molar-refractivity contribution in [2.75, 3.05) is 25.9 Å². The number of anilines is 1. The van der Waals surface area contributed by atoms with E-state index in [4.69, 9.17) is 10.5 Å². The van der Waals surface area contributed by atoms with E-state index in [1.807, 2.05) is 36.6 Å². The SMILES string of the molecule is CCN(CC)C(=O)Cn1c(COC)nc2c(N)cccc21. The van der Waals surface area contributed by atoms with E-state index in [0.717, 1.165) is 11.0 Å². The molecule has 0 saturated heterocycles. The summed E-state index contributed by atoms with van der Waals surface area (Å²) < 4.78 is 7.07. The van der Waals surface area contributed by atoms with E-state index in [0.29, 0.717) is 31.2 Å². The van der Waals surface area contributed by atoms with Crippen LogP contribution < -0.4 is 5.73 Å². The molecule has 0 fully saturated rings. The number of nitrogens with two attached hydrogens (primary N) is 1. The van der Waals surface area contributed by atoms with Crippen molar-refractivity contribution in [2.24, 2.45) is 0 Å². The Labute approximate surface area is 124 Å². The van der Waals surface area contributed by atoms with Crippen LogP contribution in [0.2, 0.25) is 0 Å². The lowest BCUT2D eigenvalue weighted by Crippen LogP contribution is -2.33. The monoisotopic (exact) mass is 290 g/mol. The highest BCUT2D eigenvalue weighted by Gasteiger charge is 2.17. The van der Waals surface area contributed by atoms with E-state index in [-0.39, 0.29) is 12.5 Å². The third-order valence-corrected chi connectivity index (χ3v) is 3.57. The number of ether oxygens (including phenoxy) is 1. The molecule has 0 saturated carbocycles. The molecule has 114 valence electrons. The molecule has 6 nitrogen and oxygen atoms in total. The standard InChI is InChI=1S/C15H22N4O2/c1-4-18(5-2)14(20)9-19-12-8-6-7-11(16)15(12)17-13(19)10-21-3/h6-8H,4-5,9-10,16H2,1-3H3. The third kappa shape index (κ3) is 3.00. The fourth-order valence-corrected chi connectivity index (χ4v) is 2.44. The summed E-state index contributed by atoms with van der Waals surface area (Å²) in [5, 5.41) is 0. The zero-order chi connectivity index (χ0) is 15.4. The fraction of sp³-hybridized carbons (Fsp3) is 0.467. The van der Waals surface area contributed by atoms with Gasteiger partial charge in [-0.05, 0) is 26.0 Å². The Morgan fingerprint density at radius 2 is 2.10 bits per heavy atom. The van der Waals surface area contributed by atoms with Gasteiger partial charge in [0.2, 0.25) is 5.91 Å². The first kappa shape index (κ1) is 15.3. The largest absolute Gasteiger partial charge is 0.397 e. The fourth-order valence-electron chi connectivity index (χ4n) is 2.44. The second-order valence-corrected chi connectivity index (χ2v) is 4.83. The molecule has 2 aromatic rings. The van der Waals surface area contributed by atoms with Gasteiger partial charge in [-0.15, -0.1) is 0 Å². The van der Waals surface area contributed by atoms with Crippen LogP contribution in [0, 0.1) is 0 Å². The molecule has 1 aromatic heterocycles. The summed E-state index contributed by atoms with van der Waals surface area (Å²) in [6, 6.07) is 5.60. The lowest BCUT2D eigenvalue weighted by Gasteiger charge is -2.19. The van der Waals surface area contributed by atoms with Gasteiger partial charge in [0, 0.05) is 20.2 Å². The molecule has 0 aliphatic rings. The minimum absolute atomic E-state index is 0.0686. The van der Waals surface area contributed by atoms with Crippen molar-refractivity contribution in [3.05, 3.63) is 24.0 Å². The molecule has 1 amide bonds. The lowest BCUT2D eigenvalue weighted by molar-refractivity contribution is -0.131. The van der Waals surface area contributed by atoms with Crippen molar-refractivity contribution >= 4 is 22.6 Å². The van der Waals surface area contributed by atoms with Gasteiger partial charge in [0.05, 0.1) is 11.2 Å². The van der Waals surface area contributed by atoms with E-state index in [1.54, 1.807) is 12.0 Å². The van der Waals surface area contributed by atoms with Crippen LogP contribution in [0.4, 0.5) is 5.69 Å². The molecule has 0 spiro atoms. The molecule has 0 aliphatic carbocycles. The zero-order valence-corrected chi connectivity index (χ0v) is 12.8. The molecular weight excluding hydrogens is 268 g/mol. The van der Waals surface area contributed by atoms with Gasteiger partial charge in [0.1, 0.15) is 24.5 Å².